The van der Waals surface area contributed by atoms with E-state index in [4.69, 9.17) is 0 Å². The van der Waals surface area contributed by atoms with Crippen molar-refractivity contribution in [1.82, 2.24) is 10.6 Å². The van der Waals surface area contributed by atoms with E-state index in [0.29, 0.717) is 18.9 Å². The molecule has 5 nitrogen and oxygen atoms in total. The number of carbonyl (C=O) groups is 1. The topological polar surface area (TPSA) is 56.7 Å². The van der Waals surface area contributed by atoms with Gasteiger partial charge in [-0.3, -0.25) is 4.79 Å². The molecule has 0 aromatic heterocycles. The van der Waals surface area contributed by atoms with Crippen molar-refractivity contribution < 1.29 is 4.79 Å². The number of benzene rings is 1. The van der Waals surface area contributed by atoms with Gasteiger partial charge in [0.2, 0.25) is 5.91 Å². The number of rotatable bonds is 6. The number of carbonyl (C=O) groups excluding carboxylic acids is 1. The molecule has 1 aromatic carbocycles. The summed E-state index contributed by atoms with van der Waals surface area (Å²) >= 11 is 0. The molecule has 1 saturated heterocycles. The van der Waals surface area contributed by atoms with Crippen molar-refractivity contribution in [3.05, 3.63) is 29.8 Å². The van der Waals surface area contributed by atoms with Crippen LogP contribution < -0.4 is 15.5 Å². The lowest BCUT2D eigenvalue weighted by Gasteiger charge is -2.16. The van der Waals surface area contributed by atoms with Crippen molar-refractivity contribution in [3.63, 3.8) is 0 Å². The Morgan fingerprint density at radius 2 is 2.00 bits per heavy atom. The summed E-state index contributed by atoms with van der Waals surface area (Å²) in [6.07, 6.45) is 1.62. The summed E-state index contributed by atoms with van der Waals surface area (Å²) in [6, 6.07) is 8.14. The van der Waals surface area contributed by atoms with Crippen LogP contribution in [0.5, 0.6) is 0 Å². The van der Waals surface area contributed by atoms with Crippen LogP contribution >= 0.6 is 0 Å². The molecule has 1 fully saturated rings. The van der Waals surface area contributed by atoms with Crippen molar-refractivity contribution in [2.24, 2.45) is 10.9 Å². The molecule has 1 aliphatic rings. The van der Waals surface area contributed by atoms with Crippen molar-refractivity contribution in [1.29, 1.82) is 0 Å². The van der Waals surface area contributed by atoms with Gasteiger partial charge in [0.15, 0.2) is 5.96 Å². The van der Waals surface area contributed by atoms with E-state index in [9.17, 15) is 4.79 Å². The molecule has 1 aromatic rings. The molecule has 2 N–H and O–H groups in total. The fourth-order valence-corrected chi connectivity index (χ4v) is 2.52. The third-order valence-corrected chi connectivity index (χ3v) is 3.76. The van der Waals surface area contributed by atoms with Gasteiger partial charge in [-0.05, 0) is 37.0 Å². The Morgan fingerprint density at radius 1 is 1.26 bits per heavy atom. The predicted molar refractivity (Wildman–Crippen MR) is 95.7 cm³/mol. The maximum atomic E-state index is 11.8. The van der Waals surface area contributed by atoms with Gasteiger partial charge in [-0.1, -0.05) is 26.0 Å². The Morgan fingerprint density at radius 3 is 2.57 bits per heavy atom. The number of amides is 1. The Hall–Kier alpha value is -2.04. The largest absolute Gasteiger partial charge is 0.357 e. The minimum atomic E-state index is 0.225. The summed E-state index contributed by atoms with van der Waals surface area (Å²) in [6.45, 7) is 9.63. The maximum absolute atomic E-state index is 11.8. The van der Waals surface area contributed by atoms with Crippen molar-refractivity contribution >= 4 is 17.6 Å². The highest BCUT2D eigenvalue weighted by molar-refractivity contribution is 5.95. The van der Waals surface area contributed by atoms with Gasteiger partial charge < -0.3 is 15.5 Å². The second kappa shape index (κ2) is 8.56. The summed E-state index contributed by atoms with van der Waals surface area (Å²) in [4.78, 5) is 18.2. The molecule has 5 heteroatoms. The Kier molecular flexibility index (Phi) is 6.44. The first-order chi connectivity index (χ1) is 11.1. The maximum Gasteiger partial charge on any atom is 0.227 e. The lowest BCUT2D eigenvalue weighted by atomic mass is 10.2. The molecular formula is C18H28N4O. The summed E-state index contributed by atoms with van der Waals surface area (Å²) < 4.78 is 0. The Labute approximate surface area is 139 Å². The highest BCUT2D eigenvalue weighted by atomic mass is 16.2. The van der Waals surface area contributed by atoms with E-state index < -0.39 is 0 Å². The number of hydrogen-bond acceptors (Lipinski definition) is 2. The predicted octanol–water partition coefficient (Wildman–Crippen LogP) is 2.52. The SMILES string of the molecule is CCNC(=NCc1ccc(N2CCCC2=O)cc1)NCC(C)C. The molecule has 1 aliphatic heterocycles. The van der Waals surface area contributed by atoms with Crippen molar-refractivity contribution in [3.8, 4) is 0 Å². The van der Waals surface area contributed by atoms with Crippen LogP contribution in [0.3, 0.4) is 0 Å². The van der Waals surface area contributed by atoms with Gasteiger partial charge in [0, 0.05) is 31.7 Å². The standard InChI is InChI=1S/C18H28N4O/c1-4-19-18(20-12-14(2)3)21-13-15-7-9-16(10-8-15)22-11-5-6-17(22)23/h7-10,14H,4-6,11-13H2,1-3H3,(H2,19,20,21). The molecule has 0 bridgehead atoms. The summed E-state index contributed by atoms with van der Waals surface area (Å²) in [5.74, 6) is 1.65. The van der Waals surface area contributed by atoms with Gasteiger partial charge in [0.05, 0.1) is 6.54 Å². The van der Waals surface area contributed by atoms with Crippen LogP contribution in [-0.4, -0.2) is 31.5 Å². The van der Waals surface area contributed by atoms with Crippen LogP contribution in [0.1, 0.15) is 39.2 Å². The molecule has 0 atom stereocenters. The number of guanidine groups is 1. The Bertz CT molecular complexity index is 536. The Balaban J connectivity index is 1.95. The molecule has 0 unspecified atom stereocenters. The van der Waals surface area contributed by atoms with Gasteiger partial charge in [-0.25, -0.2) is 4.99 Å². The van der Waals surface area contributed by atoms with E-state index in [-0.39, 0.29) is 5.91 Å². The third-order valence-electron chi connectivity index (χ3n) is 3.76. The zero-order chi connectivity index (χ0) is 16.7. The number of aliphatic imine (C=N–C) groups is 1. The van der Waals surface area contributed by atoms with Crippen LogP contribution in [0, 0.1) is 5.92 Å². The van der Waals surface area contributed by atoms with Crippen LogP contribution in [0.15, 0.2) is 29.3 Å². The van der Waals surface area contributed by atoms with Crippen LogP contribution in [0.2, 0.25) is 0 Å². The molecule has 2 rings (SSSR count). The number of nitrogens with zero attached hydrogens (tertiary/aromatic N) is 2. The van der Waals surface area contributed by atoms with E-state index in [1.165, 1.54) is 0 Å². The quantitative estimate of drug-likeness (QED) is 0.626. The number of nitrogens with one attached hydrogen (secondary N) is 2. The number of hydrogen-bond donors (Lipinski definition) is 2. The first-order valence-electron chi connectivity index (χ1n) is 8.51. The van der Waals surface area contributed by atoms with E-state index in [2.05, 4.69) is 48.5 Å². The first kappa shape index (κ1) is 17.3. The van der Waals surface area contributed by atoms with Crippen LogP contribution in [-0.2, 0) is 11.3 Å². The zero-order valence-electron chi connectivity index (χ0n) is 14.4. The summed E-state index contributed by atoms with van der Waals surface area (Å²) in [5.41, 5.74) is 2.13. The second-order valence-electron chi connectivity index (χ2n) is 6.29. The second-order valence-corrected chi connectivity index (χ2v) is 6.29. The van der Waals surface area contributed by atoms with Gasteiger partial charge in [-0.15, -0.1) is 0 Å². The van der Waals surface area contributed by atoms with E-state index in [1.54, 1.807) is 0 Å². The lowest BCUT2D eigenvalue weighted by molar-refractivity contribution is -0.117. The average Bonchev–Trinajstić information content (AvgIpc) is 2.96. The van der Waals surface area contributed by atoms with Crippen molar-refractivity contribution in [2.45, 2.75) is 40.2 Å². The third kappa shape index (κ3) is 5.27. The molecule has 1 amide bonds. The molecule has 0 aliphatic carbocycles. The smallest absolute Gasteiger partial charge is 0.227 e. The normalized spacial score (nSPS) is 15.4. The molecule has 1 heterocycles. The minimum Gasteiger partial charge on any atom is -0.357 e. The average molecular weight is 316 g/mol. The molecule has 0 saturated carbocycles. The fraction of sp³-hybridized carbons (Fsp3) is 0.556. The highest BCUT2D eigenvalue weighted by Crippen LogP contribution is 2.21. The minimum absolute atomic E-state index is 0.225. The zero-order valence-corrected chi connectivity index (χ0v) is 14.4. The van der Waals surface area contributed by atoms with E-state index >= 15 is 0 Å². The summed E-state index contributed by atoms with van der Waals surface area (Å²) in [7, 11) is 0. The van der Waals surface area contributed by atoms with Gasteiger partial charge >= 0.3 is 0 Å². The lowest BCUT2D eigenvalue weighted by Crippen LogP contribution is -2.39. The van der Waals surface area contributed by atoms with E-state index in [0.717, 1.165) is 43.3 Å². The van der Waals surface area contributed by atoms with E-state index in [1.807, 2.05) is 17.0 Å². The van der Waals surface area contributed by atoms with Gasteiger partial charge in [0.25, 0.3) is 0 Å². The highest BCUT2D eigenvalue weighted by Gasteiger charge is 2.21. The molecular weight excluding hydrogens is 288 g/mol. The molecule has 0 spiro atoms. The van der Waals surface area contributed by atoms with Crippen LogP contribution in [0.25, 0.3) is 0 Å². The summed E-state index contributed by atoms with van der Waals surface area (Å²) in [5, 5.41) is 6.59. The fourth-order valence-electron chi connectivity index (χ4n) is 2.52. The number of anilines is 1. The molecule has 23 heavy (non-hydrogen) atoms. The molecule has 126 valence electrons. The van der Waals surface area contributed by atoms with Crippen molar-refractivity contribution in [2.75, 3.05) is 24.5 Å². The monoisotopic (exact) mass is 316 g/mol. The first-order valence-corrected chi connectivity index (χ1v) is 8.51. The molecule has 0 radical (unpaired) electrons. The van der Waals surface area contributed by atoms with Gasteiger partial charge in [-0.2, -0.15) is 0 Å². The van der Waals surface area contributed by atoms with Crippen LogP contribution in [0.4, 0.5) is 5.69 Å². The van der Waals surface area contributed by atoms with Gasteiger partial charge in [0.1, 0.15) is 0 Å².